The zero-order chi connectivity index (χ0) is 11.7. The Balaban J connectivity index is 2.72. The molecule has 0 bridgehead atoms. The number of methoxy groups -OCH3 is 2. The summed E-state index contributed by atoms with van der Waals surface area (Å²) in [6, 6.07) is 1.31. The summed E-state index contributed by atoms with van der Waals surface area (Å²) in [6.07, 6.45) is 0. The highest BCUT2D eigenvalue weighted by Gasteiger charge is 2.16. The first-order valence-corrected chi connectivity index (χ1v) is 4.32. The Labute approximate surface area is 89.0 Å². The molecule has 16 heavy (non-hydrogen) atoms. The molecule has 2 aromatic heterocycles. The maximum atomic E-state index is 11.3. The van der Waals surface area contributed by atoms with Crippen LogP contribution < -0.4 is 10.5 Å². The SMILES string of the molecule is COC(=O)c1cc2oc(=O)[nH]c2c(OC)n1. The molecule has 7 nitrogen and oxygen atoms in total. The van der Waals surface area contributed by atoms with Gasteiger partial charge in [-0.2, -0.15) is 0 Å². The van der Waals surface area contributed by atoms with Crippen LogP contribution in [0.3, 0.4) is 0 Å². The van der Waals surface area contributed by atoms with E-state index in [1.54, 1.807) is 0 Å². The van der Waals surface area contributed by atoms with Crippen LogP contribution in [0.4, 0.5) is 0 Å². The third-order valence-electron chi connectivity index (χ3n) is 1.97. The third kappa shape index (κ3) is 1.52. The van der Waals surface area contributed by atoms with Crippen LogP contribution in [0.1, 0.15) is 10.5 Å². The molecule has 2 rings (SSSR count). The summed E-state index contributed by atoms with van der Waals surface area (Å²) in [5.41, 5.74) is 0.506. The molecular formula is C9H8N2O5. The highest BCUT2D eigenvalue weighted by atomic mass is 16.5. The minimum absolute atomic E-state index is 0.00889. The zero-order valence-corrected chi connectivity index (χ0v) is 8.57. The second-order valence-corrected chi connectivity index (χ2v) is 2.90. The predicted molar refractivity (Wildman–Crippen MR) is 52.5 cm³/mol. The minimum Gasteiger partial charge on any atom is -0.479 e. The van der Waals surface area contributed by atoms with Gasteiger partial charge in [0.25, 0.3) is 0 Å². The summed E-state index contributed by atoms with van der Waals surface area (Å²) in [7, 11) is 2.60. The van der Waals surface area contributed by atoms with E-state index >= 15 is 0 Å². The molecule has 0 saturated carbocycles. The van der Waals surface area contributed by atoms with E-state index in [1.165, 1.54) is 20.3 Å². The number of nitrogens with zero attached hydrogens (tertiary/aromatic N) is 1. The summed E-state index contributed by atoms with van der Waals surface area (Å²) < 4.78 is 14.2. The van der Waals surface area contributed by atoms with Crippen molar-refractivity contribution >= 4 is 17.1 Å². The van der Waals surface area contributed by atoms with Crippen LogP contribution in [0, 0.1) is 0 Å². The first-order chi connectivity index (χ1) is 7.65. The summed E-state index contributed by atoms with van der Waals surface area (Å²) in [5.74, 6) is -1.18. The van der Waals surface area contributed by atoms with Gasteiger partial charge in [0.1, 0.15) is 0 Å². The van der Waals surface area contributed by atoms with Gasteiger partial charge in [0.15, 0.2) is 16.8 Å². The van der Waals surface area contributed by atoms with Crippen molar-refractivity contribution in [3.8, 4) is 5.88 Å². The number of rotatable bonds is 2. The Kier molecular flexibility index (Phi) is 2.35. The van der Waals surface area contributed by atoms with Gasteiger partial charge >= 0.3 is 11.7 Å². The Hall–Kier alpha value is -2.31. The van der Waals surface area contributed by atoms with Crippen LogP contribution in [0.25, 0.3) is 11.1 Å². The van der Waals surface area contributed by atoms with Gasteiger partial charge in [-0.15, -0.1) is 0 Å². The quantitative estimate of drug-likeness (QED) is 0.738. The lowest BCUT2D eigenvalue weighted by Crippen LogP contribution is -2.05. The van der Waals surface area contributed by atoms with Crippen molar-refractivity contribution in [2.45, 2.75) is 0 Å². The van der Waals surface area contributed by atoms with Crippen LogP contribution in [-0.2, 0) is 4.74 Å². The van der Waals surface area contributed by atoms with Gasteiger partial charge in [0.05, 0.1) is 14.2 Å². The highest BCUT2D eigenvalue weighted by Crippen LogP contribution is 2.21. The predicted octanol–water partition coefficient (Wildman–Crippen LogP) is 0.311. The summed E-state index contributed by atoms with van der Waals surface area (Å²) >= 11 is 0. The molecule has 0 unspecified atom stereocenters. The Bertz CT molecular complexity index is 597. The Morgan fingerprint density at radius 1 is 1.50 bits per heavy atom. The first-order valence-electron chi connectivity index (χ1n) is 4.32. The average molecular weight is 224 g/mol. The summed E-state index contributed by atoms with van der Waals surface area (Å²) in [5, 5.41) is 0. The molecule has 0 atom stereocenters. The fourth-order valence-corrected chi connectivity index (χ4v) is 1.28. The highest BCUT2D eigenvalue weighted by molar-refractivity contribution is 5.92. The number of carbonyl (C=O) groups excluding carboxylic acids is 1. The molecule has 0 amide bonds. The zero-order valence-electron chi connectivity index (χ0n) is 8.57. The van der Waals surface area contributed by atoms with Crippen LogP contribution in [0.15, 0.2) is 15.3 Å². The first kappa shape index (κ1) is 10.2. The molecular weight excluding hydrogens is 216 g/mol. The van der Waals surface area contributed by atoms with E-state index in [1.807, 2.05) is 0 Å². The van der Waals surface area contributed by atoms with Crippen molar-refractivity contribution in [2.24, 2.45) is 0 Å². The molecule has 2 aromatic rings. The maximum Gasteiger partial charge on any atom is 0.417 e. The number of fused-ring (bicyclic) bond motifs is 1. The number of aromatic amines is 1. The van der Waals surface area contributed by atoms with Gasteiger partial charge in [0, 0.05) is 6.07 Å². The number of ether oxygens (including phenoxy) is 2. The molecule has 0 saturated heterocycles. The van der Waals surface area contributed by atoms with Gasteiger partial charge in [-0.3, -0.25) is 4.98 Å². The topological polar surface area (TPSA) is 94.4 Å². The number of nitrogens with one attached hydrogen (secondary N) is 1. The van der Waals surface area contributed by atoms with E-state index in [0.29, 0.717) is 5.52 Å². The average Bonchev–Trinajstić information content (AvgIpc) is 2.66. The lowest BCUT2D eigenvalue weighted by molar-refractivity contribution is 0.0593. The fourth-order valence-electron chi connectivity index (χ4n) is 1.28. The van der Waals surface area contributed by atoms with E-state index in [-0.39, 0.29) is 17.2 Å². The Morgan fingerprint density at radius 3 is 2.88 bits per heavy atom. The molecule has 0 aliphatic heterocycles. The number of H-pyrrole nitrogens is 1. The van der Waals surface area contributed by atoms with E-state index < -0.39 is 11.7 Å². The molecule has 7 heteroatoms. The number of carbonyl (C=O) groups is 1. The smallest absolute Gasteiger partial charge is 0.417 e. The largest absolute Gasteiger partial charge is 0.479 e. The number of esters is 1. The van der Waals surface area contributed by atoms with Crippen molar-refractivity contribution in [2.75, 3.05) is 14.2 Å². The van der Waals surface area contributed by atoms with Crippen molar-refractivity contribution in [3.63, 3.8) is 0 Å². The van der Waals surface area contributed by atoms with Gasteiger partial charge in [-0.25, -0.2) is 14.6 Å². The standard InChI is InChI=1S/C9H8N2O5/c1-14-7-6-5(16-9(13)11-6)3-4(10-7)8(12)15-2/h3H,1-2H3,(H,11,13). The van der Waals surface area contributed by atoms with E-state index in [2.05, 4.69) is 14.7 Å². The van der Waals surface area contributed by atoms with Crippen molar-refractivity contribution in [1.29, 1.82) is 0 Å². The van der Waals surface area contributed by atoms with Crippen LogP contribution >= 0.6 is 0 Å². The molecule has 0 radical (unpaired) electrons. The lowest BCUT2D eigenvalue weighted by Gasteiger charge is -2.02. The van der Waals surface area contributed by atoms with Gasteiger partial charge in [0.2, 0.25) is 5.88 Å². The number of aromatic nitrogens is 2. The molecule has 0 aliphatic rings. The number of hydrogen-bond donors (Lipinski definition) is 1. The minimum atomic E-state index is -0.642. The third-order valence-corrected chi connectivity index (χ3v) is 1.97. The number of oxazole rings is 1. The Morgan fingerprint density at radius 2 is 2.25 bits per heavy atom. The van der Waals surface area contributed by atoms with Crippen molar-refractivity contribution in [3.05, 3.63) is 22.3 Å². The molecule has 0 aliphatic carbocycles. The molecule has 2 heterocycles. The van der Waals surface area contributed by atoms with E-state index in [9.17, 15) is 9.59 Å². The molecule has 0 aromatic carbocycles. The molecule has 0 spiro atoms. The van der Waals surface area contributed by atoms with Gasteiger partial charge < -0.3 is 13.9 Å². The fraction of sp³-hybridized carbons (Fsp3) is 0.222. The molecule has 0 fully saturated rings. The van der Waals surface area contributed by atoms with Gasteiger partial charge in [-0.1, -0.05) is 0 Å². The van der Waals surface area contributed by atoms with E-state index in [4.69, 9.17) is 9.15 Å². The van der Waals surface area contributed by atoms with Crippen molar-refractivity contribution in [1.82, 2.24) is 9.97 Å². The van der Waals surface area contributed by atoms with E-state index in [0.717, 1.165) is 0 Å². The van der Waals surface area contributed by atoms with Crippen LogP contribution in [0.2, 0.25) is 0 Å². The monoisotopic (exact) mass is 224 g/mol. The normalized spacial score (nSPS) is 10.4. The van der Waals surface area contributed by atoms with Crippen LogP contribution in [-0.4, -0.2) is 30.2 Å². The summed E-state index contributed by atoms with van der Waals surface area (Å²) in [4.78, 5) is 28.5. The van der Waals surface area contributed by atoms with Crippen molar-refractivity contribution < 1.29 is 18.7 Å². The maximum absolute atomic E-state index is 11.3. The summed E-state index contributed by atoms with van der Waals surface area (Å²) in [6.45, 7) is 0. The lowest BCUT2D eigenvalue weighted by atomic mass is 10.3. The second kappa shape index (κ2) is 3.69. The molecule has 1 N–H and O–H groups in total. The molecule has 84 valence electrons. The number of pyridine rings is 1. The van der Waals surface area contributed by atoms with Gasteiger partial charge in [-0.05, 0) is 0 Å². The van der Waals surface area contributed by atoms with Crippen LogP contribution in [0.5, 0.6) is 5.88 Å². The second-order valence-electron chi connectivity index (χ2n) is 2.90. The number of hydrogen-bond acceptors (Lipinski definition) is 6.